The van der Waals surface area contributed by atoms with Gasteiger partial charge in [0.1, 0.15) is 5.75 Å². The number of thiocarbonyl (C=S) groups is 1. The van der Waals surface area contributed by atoms with E-state index in [-0.39, 0.29) is 12.0 Å². The lowest BCUT2D eigenvalue weighted by Gasteiger charge is -2.56. The molecule has 20 heavy (non-hydrogen) atoms. The van der Waals surface area contributed by atoms with E-state index in [4.69, 9.17) is 28.6 Å². The van der Waals surface area contributed by atoms with Crippen LogP contribution in [0.25, 0.3) is 0 Å². The van der Waals surface area contributed by atoms with E-state index >= 15 is 0 Å². The number of rotatable bonds is 1. The first kappa shape index (κ1) is 14.0. The van der Waals surface area contributed by atoms with Crippen LogP contribution >= 0.6 is 23.8 Å². The summed E-state index contributed by atoms with van der Waals surface area (Å²) in [6, 6.07) is 4.09. The maximum Gasteiger partial charge on any atom is 0.186 e. The van der Waals surface area contributed by atoms with Crippen molar-refractivity contribution in [1.82, 2.24) is 10.2 Å². The quantitative estimate of drug-likeness (QED) is 0.800. The van der Waals surface area contributed by atoms with Crippen LogP contribution in [-0.4, -0.2) is 22.3 Å². The molecule has 2 heterocycles. The number of halogens is 1. The van der Waals surface area contributed by atoms with Crippen molar-refractivity contribution in [3.05, 3.63) is 28.3 Å². The third-order valence-corrected chi connectivity index (χ3v) is 5.19. The molecule has 0 radical (unpaired) electrons. The van der Waals surface area contributed by atoms with E-state index in [9.17, 15) is 0 Å². The minimum atomic E-state index is -0.409. The van der Waals surface area contributed by atoms with E-state index in [0.29, 0.717) is 0 Å². The fraction of sp³-hybridized carbons (Fsp3) is 0.533. The van der Waals surface area contributed by atoms with E-state index in [1.165, 1.54) is 0 Å². The predicted octanol–water partition coefficient (Wildman–Crippen LogP) is 3.64. The molecule has 3 rings (SSSR count). The molecule has 3 nitrogen and oxygen atoms in total. The first-order valence-corrected chi connectivity index (χ1v) is 7.74. The van der Waals surface area contributed by atoms with Gasteiger partial charge in [-0.15, -0.1) is 0 Å². The number of hydrogen-bond acceptors (Lipinski definition) is 2. The third-order valence-electron chi connectivity index (χ3n) is 4.63. The Morgan fingerprint density at radius 1 is 1.50 bits per heavy atom. The summed E-state index contributed by atoms with van der Waals surface area (Å²) in [6.45, 7) is 9.27. The Balaban J connectivity index is 2.19. The van der Waals surface area contributed by atoms with Crippen LogP contribution in [0.4, 0.5) is 0 Å². The lowest BCUT2D eigenvalue weighted by atomic mass is 9.80. The number of benzene rings is 1. The summed E-state index contributed by atoms with van der Waals surface area (Å²) in [7, 11) is 0. The largest absolute Gasteiger partial charge is 0.467 e. The SMILES string of the molecule is CCN1C(=S)NC2c3cc(Cl)cc(C)c3OC1(C)C2C. The molecule has 1 fully saturated rings. The van der Waals surface area contributed by atoms with E-state index in [1.54, 1.807) is 0 Å². The molecule has 0 saturated carbocycles. The minimum Gasteiger partial charge on any atom is -0.467 e. The van der Waals surface area contributed by atoms with Gasteiger partial charge >= 0.3 is 0 Å². The van der Waals surface area contributed by atoms with Crippen molar-refractivity contribution in [2.24, 2.45) is 5.92 Å². The van der Waals surface area contributed by atoms with Gasteiger partial charge in [-0.05, 0) is 50.7 Å². The van der Waals surface area contributed by atoms with Crippen molar-refractivity contribution in [1.29, 1.82) is 0 Å². The van der Waals surface area contributed by atoms with Crippen LogP contribution in [0, 0.1) is 12.8 Å². The van der Waals surface area contributed by atoms with Crippen LogP contribution in [-0.2, 0) is 0 Å². The molecule has 1 N–H and O–H groups in total. The number of nitrogens with one attached hydrogen (secondary N) is 1. The zero-order valence-corrected chi connectivity index (χ0v) is 13.7. The van der Waals surface area contributed by atoms with Gasteiger partial charge in [0.05, 0.1) is 6.04 Å². The second-order valence-electron chi connectivity index (χ2n) is 5.76. The van der Waals surface area contributed by atoms with Gasteiger partial charge in [0.15, 0.2) is 10.8 Å². The fourth-order valence-electron chi connectivity index (χ4n) is 3.38. The van der Waals surface area contributed by atoms with Crippen molar-refractivity contribution in [3.8, 4) is 5.75 Å². The summed E-state index contributed by atoms with van der Waals surface area (Å²) < 4.78 is 6.40. The monoisotopic (exact) mass is 310 g/mol. The zero-order valence-electron chi connectivity index (χ0n) is 12.2. The highest BCUT2D eigenvalue weighted by atomic mass is 35.5. The fourth-order valence-corrected chi connectivity index (χ4v) is 4.10. The van der Waals surface area contributed by atoms with Crippen molar-refractivity contribution in [2.45, 2.75) is 39.5 Å². The highest BCUT2D eigenvalue weighted by molar-refractivity contribution is 7.80. The van der Waals surface area contributed by atoms with Crippen LogP contribution in [0.2, 0.25) is 5.02 Å². The second kappa shape index (κ2) is 4.50. The van der Waals surface area contributed by atoms with E-state index in [2.05, 4.69) is 31.0 Å². The third kappa shape index (κ3) is 1.74. The number of ether oxygens (including phenoxy) is 1. The van der Waals surface area contributed by atoms with E-state index < -0.39 is 5.72 Å². The number of hydrogen-bond donors (Lipinski definition) is 1. The molecular formula is C15H19ClN2OS. The summed E-state index contributed by atoms with van der Waals surface area (Å²) in [5, 5.41) is 4.95. The molecule has 3 unspecified atom stereocenters. The maximum atomic E-state index is 6.40. The Morgan fingerprint density at radius 2 is 2.20 bits per heavy atom. The van der Waals surface area contributed by atoms with Gasteiger partial charge in [-0.1, -0.05) is 18.5 Å². The highest BCUT2D eigenvalue weighted by Crippen LogP contribution is 2.49. The standard InChI is InChI=1S/C15H19ClN2OS/c1-5-18-14(20)17-12-9(3)15(18,4)19-13-8(2)6-10(16)7-11(12)13/h6-7,9,12H,5H2,1-4H3,(H,17,20). The summed E-state index contributed by atoms with van der Waals surface area (Å²) in [6.07, 6.45) is 0. The minimum absolute atomic E-state index is 0.149. The molecule has 5 heteroatoms. The molecule has 1 aromatic carbocycles. The molecule has 3 atom stereocenters. The Morgan fingerprint density at radius 3 is 2.85 bits per heavy atom. The van der Waals surface area contributed by atoms with Crippen molar-refractivity contribution in [3.63, 3.8) is 0 Å². The molecule has 108 valence electrons. The smallest absolute Gasteiger partial charge is 0.186 e. The van der Waals surface area contributed by atoms with Gasteiger partial charge in [0.2, 0.25) is 0 Å². The molecule has 0 aliphatic carbocycles. The molecule has 2 aliphatic rings. The van der Waals surface area contributed by atoms with Gasteiger partial charge in [-0.3, -0.25) is 0 Å². The lowest BCUT2D eigenvalue weighted by molar-refractivity contribution is -0.109. The van der Waals surface area contributed by atoms with Crippen molar-refractivity contribution >= 4 is 28.9 Å². The molecule has 0 spiro atoms. The van der Waals surface area contributed by atoms with Crippen LogP contribution in [0.3, 0.4) is 0 Å². The Labute approximate surface area is 130 Å². The van der Waals surface area contributed by atoms with Crippen LogP contribution in [0.5, 0.6) is 5.75 Å². The Hall–Kier alpha value is -1.00. The van der Waals surface area contributed by atoms with Gasteiger partial charge < -0.3 is 15.0 Å². The topological polar surface area (TPSA) is 24.5 Å². The summed E-state index contributed by atoms with van der Waals surface area (Å²) >= 11 is 11.7. The van der Waals surface area contributed by atoms with E-state index in [0.717, 1.165) is 33.6 Å². The zero-order chi connectivity index (χ0) is 14.7. The molecule has 1 aromatic rings. The summed E-state index contributed by atoms with van der Waals surface area (Å²) in [5.41, 5.74) is 1.77. The van der Waals surface area contributed by atoms with Crippen LogP contribution in [0.15, 0.2) is 12.1 Å². The molecule has 2 bridgehead atoms. The Bertz CT molecular complexity index is 591. The summed E-state index contributed by atoms with van der Waals surface area (Å²) in [4.78, 5) is 2.13. The number of aryl methyl sites for hydroxylation is 1. The molecule has 0 aromatic heterocycles. The predicted molar refractivity (Wildman–Crippen MR) is 85.2 cm³/mol. The maximum absolute atomic E-state index is 6.40. The van der Waals surface area contributed by atoms with Crippen LogP contribution < -0.4 is 10.1 Å². The van der Waals surface area contributed by atoms with E-state index in [1.807, 2.05) is 19.1 Å². The first-order valence-electron chi connectivity index (χ1n) is 6.95. The lowest BCUT2D eigenvalue weighted by Crippen LogP contribution is -2.68. The van der Waals surface area contributed by atoms with Crippen molar-refractivity contribution < 1.29 is 4.74 Å². The molecule has 2 aliphatic heterocycles. The van der Waals surface area contributed by atoms with Crippen molar-refractivity contribution in [2.75, 3.05) is 6.54 Å². The first-order chi connectivity index (χ1) is 9.38. The normalized spacial score (nSPS) is 31.4. The molecule has 0 amide bonds. The number of nitrogens with zero attached hydrogens (tertiary/aromatic N) is 1. The highest BCUT2D eigenvalue weighted by Gasteiger charge is 2.53. The second-order valence-corrected chi connectivity index (χ2v) is 6.58. The van der Waals surface area contributed by atoms with Gasteiger partial charge in [-0.2, -0.15) is 0 Å². The average molecular weight is 311 g/mol. The number of fused-ring (bicyclic) bond motifs is 4. The molecule has 1 saturated heterocycles. The van der Waals surface area contributed by atoms with Crippen LogP contribution in [0.1, 0.15) is 37.9 Å². The van der Waals surface area contributed by atoms with Gasteiger partial charge in [0.25, 0.3) is 0 Å². The Kier molecular flexibility index (Phi) is 3.14. The average Bonchev–Trinajstić information content (AvgIpc) is 2.36. The van der Waals surface area contributed by atoms with Gasteiger partial charge in [-0.25, -0.2) is 0 Å². The molecular weight excluding hydrogens is 292 g/mol. The summed E-state index contributed by atoms with van der Waals surface area (Å²) in [5.74, 6) is 1.22. The van der Waals surface area contributed by atoms with Gasteiger partial charge in [0, 0.05) is 23.0 Å².